The number of ether oxygens (including phenoxy) is 3. The molecule has 0 heterocycles. The molecule has 0 bridgehead atoms. The summed E-state index contributed by atoms with van der Waals surface area (Å²) in [6.07, 6.45) is -0.799. The fourth-order valence-electron chi connectivity index (χ4n) is 3.17. The third-order valence-corrected chi connectivity index (χ3v) is 4.90. The summed E-state index contributed by atoms with van der Waals surface area (Å²) < 4.78 is 16.6. The van der Waals surface area contributed by atoms with E-state index in [9.17, 15) is 5.11 Å². The van der Waals surface area contributed by atoms with Crippen LogP contribution < -0.4 is 0 Å². The number of benzene rings is 2. The first-order valence-electron chi connectivity index (χ1n) is 10.9. The van der Waals surface area contributed by atoms with Gasteiger partial charge < -0.3 is 29.5 Å². The number of carboxylic acid groups (broad SMARTS) is 2. The molecule has 0 radical (unpaired) electrons. The van der Waals surface area contributed by atoms with E-state index in [-0.39, 0.29) is 12.7 Å². The van der Waals surface area contributed by atoms with Crippen molar-refractivity contribution in [2.45, 2.75) is 19.1 Å². The van der Waals surface area contributed by atoms with E-state index in [2.05, 4.69) is 36.1 Å². The molecule has 2 rings (SSSR count). The lowest BCUT2D eigenvalue weighted by Crippen LogP contribution is -2.39. The maximum absolute atomic E-state index is 10.6. The van der Waals surface area contributed by atoms with Crippen molar-refractivity contribution in [1.82, 2.24) is 4.90 Å². The van der Waals surface area contributed by atoms with Crippen molar-refractivity contribution in [3.8, 4) is 0 Å². The molecule has 3 N–H and O–H groups in total. The number of carboxylic acids is 2. The van der Waals surface area contributed by atoms with Crippen molar-refractivity contribution >= 4 is 11.9 Å². The van der Waals surface area contributed by atoms with Gasteiger partial charge in [0, 0.05) is 33.9 Å². The second-order valence-electron chi connectivity index (χ2n) is 7.53. The van der Waals surface area contributed by atoms with Crippen LogP contribution in [0, 0.1) is 6.92 Å². The minimum Gasteiger partial charge on any atom is -0.473 e. The van der Waals surface area contributed by atoms with Crippen LogP contribution in [0.5, 0.6) is 0 Å². The summed E-state index contributed by atoms with van der Waals surface area (Å²) in [6.45, 7) is 5.59. The minimum atomic E-state index is -1.82. The smallest absolute Gasteiger partial charge is 0.414 e. The molecule has 2 aromatic carbocycles. The third kappa shape index (κ3) is 11.4. The lowest BCUT2D eigenvalue weighted by atomic mass is 9.97. The Labute approximate surface area is 200 Å². The Morgan fingerprint density at radius 3 is 1.91 bits per heavy atom. The molecule has 9 nitrogen and oxygen atoms in total. The molecule has 0 saturated heterocycles. The van der Waals surface area contributed by atoms with Crippen LogP contribution in [0.3, 0.4) is 0 Å². The number of aliphatic hydroxyl groups is 1. The van der Waals surface area contributed by atoms with Crippen LogP contribution in [0.15, 0.2) is 54.6 Å². The van der Waals surface area contributed by atoms with E-state index in [0.29, 0.717) is 19.8 Å². The van der Waals surface area contributed by atoms with E-state index < -0.39 is 18.0 Å². The fourth-order valence-corrected chi connectivity index (χ4v) is 3.17. The Balaban J connectivity index is 0.000000852. The molecule has 34 heavy (non-hydrogen) atoms. The maximum atomic E-state index is 10.6. The molecule has 9 heteroatoms. The average molecular weight is 478 g/mol. The van der Waals surface area contributed by atoms with Crippen molar-refractivity contribution < 1.29 is 39.1 Å². The maximum Gasteiger partial charge on any atom is 0.414 e. The largest absolute Gasteiger partial charge is 0.473 e. The second-order valence-corrected chi connectivity index (χ2v) is 7.53. The Hall–Kier alpha value is -2.82. The van der Waals surface area contributed by atoms with Crippen LogP contribution in [0.2, 0.25) is 0 Å². The molecule has 0 fully saturated rings. The van der Waals surface area contributed by atoms with Gasteiger partial charge in [-0.2, -0.15) is 0 Å². The molecule has 2 aromatic rings. The number of aliphatic hydroxyl groups excluding tert-OH is 1. The van der Waals surface area contributed by atoms with E-state index in [4.69, 9.17) is 34.0 Å². The molecule has 0 amide bonds. The topological polar surface area (TPSA) is 126 Å². The summed E-state index contributed by atoms with van der Waals surface area (Å²) in [7, 11) is 3.36. The molecule has 2 atom stereocenters. The highest BCUT2D eigenvalue weighted by Crippen LogP contribution is 2.28. The van der Waals surface area contributed by atoms with Crippen LogP contribution in [-0.2, 0) is 23.8 Å². The van der Waals surface area contributed by atoms with E-state index in [1.54, 1.807) is 14.2 Å². The highest BCUT2D eigenvalue weighted by atomic mass is 16.5. The SMILES string of the molecule is COCCN(CCOC)CC(O)COC(c1ccccc1)c1ccccc1C.O=C(O)C(=O)O. The molecule has 0 aliphatic heterocycles. The Morgan fingerprint density at radius 1 is 0.882 bits per heavy atom. The van der Waals surface area contributed by atoms with Crippen molar-refractivity contribution in [3.63, 3.8) is 0 Å². The number of hydrogen-bond donors (Lipinski definition) is 3. The Kier molecular flexibility index (Phi) is 14.4. The average Bonchev–Trinajstić information content (AvgIpc) is 2.83. The lowest BCUT2D eigenvalue weighted by molar-refractivity contribution is -0.159. The molecule has 0 aliphatic rings. The van der Waals surface area contributed by atoms with Gasteiger partial charge in [-0.15, -0.1) is 0 Å². The Bertz CT molecular complexity index is 826. The van der Waals surface area contributed by atoms with Gasteiger partial charge in [-0.1, -0.05) is 54.6 Å². The minimum absolute atomic E-state index is 0.205. The van der Waals surface area contributed by atoms with Gasteiger partial charge in [-0.05, 0) is 23.6 Å². The quantitative estimate of drug-likeness (QED) is 0.372. The molecule has 0 spiro atoms. The summed E-state index contributed by atoms with van der Waals surface area (Å²) in [4.78, 5) is 20.3. The van der Waals surface area contributed by atoms with Crippen LogP contribution in [0.4, 0.5) is 0 Å². The van der Waals surface area contributed by atoms with Gasteiger partial charge in [0.05, 0.1) is 25.9 Å². The van der Waals surface area contributed by atoms with E-state index in [1.807, 2.05) is 30.3 Å². The number of aryl methyl sites for hydroxylation is 1. The number of rotatable bonds is 13. The number of methoxy groups -OCH3 is 2. The molecular weight excluding hydrogens is 442 g/mol. The van der Waals surface area contributed by atoms with Crippen molar-refractivity contribution in [1.29, 1.82) is 0 Å². The standard InChI is InChI=1S/C23H33NO4.C2H2O4/c1-19-9-7-8-12-22(19)23(20-10-5-4-6-11-20)28-18-21(25)17-24(13-15-26-2)14-16-27-3;3-1(4)2(5)6/h4-12,21,23,25H,13-18H2,1-3H3;(H,3,4)(H,5,6). The number of hydrogen-bond acceptors (Lipinski definition) is 7. The van der Waals surface area contributed by atoms with Crippen LogP contribution in [0.1, 0.15) is 22.8 Å². The fraction of sp³-hybridized carbons (Fsp3) is 0.440. The first-order chi connectivity index (χ1) is 16.3. The second kappa shape index (κ2) is 16.7. The zero-order valence-electron chi connectivity index (χ0n) is 19.9. The third-order valence-electron chi connectivity index (χ3n) is 4.90. The van der Waals surface area contributed by atoms with E-state index in [1.165, 1.54) is 5.56 Å². The molecular formula is C25H35NO8. The van der Waals surface area contributed by atoms with E-state index in [0.717, 1.165) is 24.2 Å². The summed E-state index contributed by atoms with van der Waals surface area (Å²) >= 11 is 0. The lowest BCUT2D eigenvalue weighted by Gasteiger charge is -2.26. The van der Waals surface area contributed by atoms with Gasteiger partial charge >= 0.3 is 11.9 Å². The summed E-state index contributed by atoms with van der Waals surface area (Å²) in [6, 6.07) is 18.4. The summed E-state index contributed by atoms with van der Waals surface area (Å²) in [5.41, 5.74) is 3.38. The molecule has 188 valence electrons. The predicted octanol–water partition coefficient (Wildman–Crippen LogP) is 2.21. The first-order valence-corrected chi connectivity index (χ1v) is 10.9. The van der Waals surface area contributed by atoms with Crippen molar-refractivity contribution in [2.75, 3.05) is 53.7 Å². The zero-order valence-corrected chi connectivity index (χ0v) is 19.9. The number of carbonyl (C=O) groups is 2. The molecule has 0 saturated carbocycles. The van der Waals surface area contributed by atoms with Crippen LogP contribution in [0.25, 0.3) is 0 Å². The van der Waals surface area contributed by atoms with Crippen molar-refractivity contribution in [3.05, 3.63) is 71.3 Å². The van der Waals surface area contributed by atoms with Crippen molar-refractivity contribution in [2.24, 2.45) is 0 Å². The van der Waals surface area contributed by atoms with Gasteiger partial charge in [0.15, 0.2) is 0 Å². The van der Waals surface area contributed by atoms with Gasteiger partial charge in [0.1, 0.15) is 6.10 Å². The molecule has 0 aliphatic carbocycles. The molecule has 0 aromatic heterocycles. The zero-order chi connectivity index (χ0) is 25.3. The summed E-state index contributed by atoms with van der Waals surface area (Å²) in [5, 5.41) is 25.4. The number of aliphatic carboxylic acids is 2. The number of nitrogens with zero attached hydrogens (tertiary/aromatic N) is 1. The van der Waals surface area contributed by atoms with Gasteiger partial charge in [0.2, 0.25) is 0 Å². The van der Waals surface area contributed by atoms with Gasteiger partial charge in [-0.25, -0.2) is 9.59 Å². The predicted molar refractivity (Wildman–Crippen MR) is 127 cm³/mol. The van der Waals surface area contributed by atoms with Gasteiger partial charge in [0.25, 0.3) is 0 Å². The normalized spacial score (nSPS) is 12.5. The highest BCUT2D eigenvalue weighted by Gasteiger charge is 2.19. The summed E-state index contributed by atoms with van der Waals surface area (Å²) in [5.74, 6) is -3.65. The first kappa shape index (κ1) is 29.2. The van der Waals surface area contributed by atoms with E-state index >= 15 is 0 Å². The van der Waals surface area contributed by atoms with Crippen LogP contribution >= 0.6 is 0 Å². The van der Waals surface area contributed by atoms with Gasteiger partial charge in [-0.3, -0.25) is 4.90 Å². The highest BCUT2D eigenvalue weighted by molar-refractivity contribution is 6.27. The monoisotopic (exact) mass is 477 g/mol. The van der Waals surface area contributed by atoms with Crippen LogP contribution in [-0.4, -0.2) is 91.9 Å². The molecule has 2 unspecified atom stereocenters. The Morgan fingerprint density at radius 2 is 1.41 bits per heavy atom.